The molecule has 4 N–H and O–H groups in total. The third-order valence-corrected chi connectivity index (χ3v) is 8.30. The molecule has 2 amide bonds. The van der Waals surface area contributed by atoms with Crippen LogP contribution in [0.5, 0.6) is 0 Å². The maximum Gasteiger partial charge on any atom is 0.407 e. The molecule has 0 spiro atoms. The Balaban J connectivity index is 1.22. The van der Waals surface area contributed by atoms with Gasteiger partial charge in [0.05, 0.1) is 18.4 Å². The van der Waals surface area contributed by atoms with Crippen molar-refractivity contribution in [3.8, 4) is 0 Å². The molecule has 1 aliphatic carbocycles. The molecule has 0 unspecified atom stereocenters. The number of hydrogen-bond acceptors (Lipinski definition) is 8. The standard InChI is InChI=1S/C28H35FN6O3S/c1-15-5-8-19-23(30)24(39-26(19)31-15)25(36)32-18-7-9-20-16(11-18)6-10-22(33-20)35-13-17(12-29)21(14-35)34-27(37)38-28(2,3)4/h5-6,8,10,17-18,21H,7,9,11-14,30H2,1-4H3,(H,32,36)(H,34,37)/t17-,18+,21+/m1/s1. The molecule has 208 valence electrons. The maximum atomic E-state index is 13.8. The van der Waals surface area contributed by atoms with E-state index in [-0.39, 0.29) is 23.9 Å². The van der Waals surface area contributed by atoms with E-state index in [1.807, 2.05) is 36.1 Å². The largest absolute Gasteiger partial charge is 0.444 e. The first-order valence-corrected chi connectivity index (χ1v) is 14.1. The van der Waals surface area contributed by atoms with Crippen LogP contribution in [-0.2, 0) is 17.6 Å². The first kappa shape index (κ1) is 27.1. The Bertz CT molecular complexity index is 1400. The number of nitrogens with zero attached hydrogens (tertiary/aromatic N) is 3. The number of nitrogens with two attached hydrogens (primary N) is 1. The lowest BCUT2D eigenvalue weighted by atomic mass is 9.91. The van der Waals surface area contributed by atoms with E-state index in [1.165, 1.54) is 11.3 Å². The van der Waals surface area contributed by atoms with Crippen LogP contribution in [-0.4, -0.2) is 59.4 Å². The van der Waals surface area contributed by atoms with Crippen molar-refractivity contribution in [1.29, 1.82) is 0 Å². The molecule has 0 saturated carbocycles. The zero-order valence-electron chi connectivity index (χ0n) is 22.7. The van der Waals surface area contributed by atoms with Crippen LogP contribution in [0.3, 0.4) is 0 Å². The number of thiophene rings is 1. The number of alkyl halides is 1. The van der Waals surface area contributed by atoms with Crippen LogP contribution < -0.4 is 21.3 Å². The summed E-state index contributed by atoms with van der Waals surface area (Å²) in [4.78, 5) is 38.0. The Labute approximate surface area is 231 Å². The molecule has 2 aliphatic rings. The highest BCUT2D eigenvalue weighted by Gasteiger charge is 2.36. The summed E-state index contributed by atoms with van der Waals surface area (Å²) in [6.07, 6.45) is 1.61. The third-order valence-electron chi connectivity index (χ3n) is 7.19. The molecular formula is C28H35FN6O3S. The van der Waals surface area contributed by atoms with Crippen LogP contribution in [0.15, 0.2) is 24.3 Å². The third kappa shape index (κ3) is 5.93. The van der Waals surface area contributed by atoms with Crippen molar-refractivity contribution in [3.63, 3.8) is 0 Å². The van der Waals surface area contributed by atoms with Gasteiger partial charge in [-0.3, -0.25) is 9.18 Å². The number of rotatable bonds is 5. The van der Waals surface area contributed by atoms with Crippen molar-refractivity contribution in [2.75, 3.05) is 30.4 Å². The van der Waals surface area contributed by atoms with Gasteiger partial charge in [-0.15, -0.1) is 11.3 Å². The van der Waals surface area contributed by atoms with Gasteiger partial charge in [-0.1, -0.05) is 6.07 Å². The quantitative estimate of drug-likeness (QED) is 0.433. The summed E-state index contributed by atoms with van der Waals surface area (Å²) in [5.41, 5.74) is 9.08. The number of nitrogens with one attached hydrogen (secondary N) is 2. The molecule has 4 heterocycles. The minimum atomic E-state index is -0.619. The van der Waals surface area contributed by atoms with Gasteiger partial charge in [0.2, 0.25) is 0 Å². The Morgan fingerprint density at radius 1 is 1.18 bits per heavy atom. The van der Waals surface area contributed by atoms with Crippen molar-refractivity contribution in [3.05, 3.63) is 46.1 Å². The molecule has 9 nitrogen and oxygen atoms in total. The minimum absolute atomic E-state index is 0.0259. The van der Waals surface area contributed by atoms with E-state index in [4.69, 9.17) is 15.5 Å². The average molecular weight is 555 g/mol. The fourth-order valence-electron chi connectivity index (χ4n) is 5.25. The van der Waals surface area contributed by atoms with E-state index in [1.54, 1.807) is 20.8 Å². The van der Waals surface area contributed by atoms with E-state index < -0.39 is 18.4 Å². The first-order chi connectivity index (χ1) is 18.5. The van der Waals surface area contributed by atoms with Crippen LogP contribution in [0, 0.1) is 12.8 Å². The number of amides is 2. The molecule has 39 heavy (non-hydrogen) atoms. The van der Waals surface area contributed by atoms with Gasteiger partial charge in [0.25, 0.3) is 5.91 Å². The molecule has 5 rings (SSSR count). The molecule has 3 aromatic heterocycles. The van der Waals surface area contributed by atoms with Gasteiger partial charge in [0.15, 0.2) is 0 Å². The minimum Gasteiger partial charge on any atom is -0.444 e. The summed E-state index contributed by atoms with van der Waals surface area (Å²) >= 11 is 1.32. The second kappa shape index (κ2) is 10.6. The second-order valence-electron chi connectivity index (χ2n) is 11.4. The number of fused-ring (bicyclic) bond motifs is 2. The Hall–Kier alpha value is -3.47. The highest BCUT2D eigenvalue weighted by atomic mass is 32.1. The number of aryl methyl sites for hydroxylation is 2. The normalized spacial score (nSPS) is 21.1. The number of ether oxygens (including phenoxy) is 1. The predicted molar refractivity (Wildman–Crippen MR) is 151 cm³/mol. The van der Waals surface area contributed by atoms with Crippen LogP contribution >= 0.6 is 11.3 Å². The smallest absolute Gasteiger partial charge is 0.407 e. The second-order valence-corrected chi connectivity index (χ2v) is 12.4. The Morgan fingerprint density at radius 3 is 2.72 bits per heavy atom. The summed E-state index contributed by atoms with van der Waals surface area (Å²) in [7, 11) is 0. The lowest BCUT2D eigenvalue weighted by molar-refractivity contribution is 0.0494. The van der Waals surface area contributed by atoms with Crippen LogP contribution in [0.25, 0.3) is 10.2 Å². The highest BCUT2D eigenvalue weighted by Crippen LogP contribution is 2.33. The number of hydrogen-bond donors (Lipinski definition) is 3. The number of alkyl carbamates (subject to hydrolysis) is 1. The number of carbonyl (C=O) groups excluding carboxylic acids is 2. The van der Waals surface area contributed by atoms with Gasteiger partial charge >= 0.3 is 6.09 Å². The van der Waals surface area contributed by atoms with Gasteiger partial charge in [-0.2, -0.15) is 0 Å². The van der Waals surface area contributed by atoms with Gasteiger partial charge in [-0.05, 0) is 70.7 Å². The zero-order chi connectivity index (χ0) is 27.9. The van der Waals surface area contributed by atoms with Crippen LogP contribution in [0.1, 0.15) is 53.8 Å². The molecular weight excluding hydrogens is 519 g/mol. The van der Waals surface area contributed by atoms with Crippen molar-refractivity contribution in [1.82, 2.24) is 20.6 Å². The van der Waals surface area contributed by atoms with Gasteiger partial charge in [0, 0.05) is 41.8 Å². The Morgan fingerprint density at radius 2 is 1.97 bits per heavy atom. The number of nitrogen functional groups attached to an aromatic ring is 1. The molecule has 0 bridgehead atoms. The van der Waals surface area contributed by atoms with Gasteiger partial charge < -0.3 is 26.0 Å². The lowest BCUT2D eigenvalue weighted by Gasteiger charge is -2.26. The summed E-state index contributed by atoms with van der Waals surface area (Å²) < 4.78 is 19.1. The van der Waals surface area contributed by atoms with Crippen molar-refractivity contribution >= 4 is 45.1 Å². The average Bonchev–Trinajstić information content (AvgIpc) is 3.42. The summed E-state index contributed by atoms with van der Waals surface area (Å²) in [6, 6.07) is 7.39. The topological polar surface area (TPSA) is 122 Å². The summed E-state index contributed by atoms with van der Waals surface area (Å²) in [6.45, 7) is 7.69. The van der Waals surface area contributed by atoms with E-state index in [0.717, 1.165) is 45.8 Å². The molecule has 11 heteroatoms. The molecule has 0 radical (unpaired) electrons. The number of anilines is 2. The van der Waals surface area contributed by atoms with Crippen LogP contribution in [0.2, 0.25) is 0 Å². The number of halogens is 1. The predicted octanol–water partition coefficient (Wildman–Crippen LogP) is 4.17. The van der Waals surface area contributed by atoms with Gasteiger partial charge in [-0.25, -0.2) is 14.8 Å². The molecule has 3 aromatic rings. The number of carbonyl (C=O) groups is 2. The van der Waals surface area contributed by atoms with Crippen molar-refractivity contribution < 1.29 is 18.7 Å². The molecule has 1 aliphatic heterocycles. The van der Waals surface area contributed by atoms with Crippen molar-refractivity contribution in [2.45, 2.75) is 64.6 Å². The van der Waals surface area contributed by atoms with Crippen molar-refractivity contribution in [2.24, 2.45) is 5.92 Å². The first-order valence-electron chi connectivity index (χ1n) is 13.3. The fourth-order valence-corrected chi connectivity index (χ4v) is 6.29. The van der Waals surface area contributed by atoms with E-state index in [9.17, 15) is 14.0 Å². The molecule has 1 saturated heterocycles. The molecule has 1 fully saturated rings. The SMILES string of the molecule is Cc1ccc2c(N)c(C(=O)N[C@H]3CCc4nc(N5C[C@@H](CF)[C@@H](NC(=O)OC(C)(C)C)C5)ccc4C3)sc2n1. The number of pyridine rings is 2. The van der Waals surface area contributed by atoms with E-state index >= 15 is 0 Å². The van der Waals surface area contributed by atoms with Crippen LogP contribution in [0.4, 0.5) is 20.7 Å². The Kier molecular flexibility index (Phi) is 7.37. The fraction of sp³-hybridized carbons (Fsp3) is 0.500. The van der Waals surface area contributed by atoms with E-state index in [2.05, 4.69) is 15.6 Å². The lowest BCUT2D eigenvalue weighted by Crippen LogP contribution is -2.43. The monoisotopic (exact) mass is 554 g/mol. The zero-order valence-corrected chi connectivity index (χ0v) is 23.5. The highest BCUT2D eigenvalue weighted by molar-refractivity contribution is 7.21. The molecule has 0 aromatic carbocycles. The molecule has 3 atom stereocenters. The van der Waals surface area contributed by atoms with E-state index in [0.29, 0.717) is 30.1 Å². The number of aromatic nitrogens is 2. The summed E-state index contributed by atoms with van der Waals surface area (Å²) in [5.74, 6) is 0.253. The van der Waals surface area contributed by atoms with Gasteiger partial charge in [0.1, 0.15) is 21.1 Å². The summed E-state index contributed by atoms with van der Waals surface area (Å²) in [5, 5.41) is 6.78. The maximum absolute atomic E-state index is 13.8.